The first-order valence-electron chi connectivity index (χ1n) is 12.2. The Hall–Kier alpha value is -3.64. The molecule has 8 nitrogen and oxygen atoms in total. The minimum absolute atomic E-state index is 0.364. The maximum atomic E-state index is 11.2. The van der Waals surface area contributed by atoms with Crippen molar-refractivity contribution >= 4 is 0 Å². The normalized spacial score (nSPS) is 18.9. The summed E-state index contributed by atoms with van der Waals surface area (Å²) in [5.41, 5.74) is 2.11. The highest BCUT2D eigenvalue weighted by Gasteiger charge is 2.53. The van der Waals surface area contributed by atoms with Crippen molar-refractivity contribution in [1.82, 2.24) is 9.88 Å². The molecule has 2 heterocycles. The molecule has 0 bridgehead atoms. The van der Waals surface area contributed by atoms with Crippen molar-refractivity contribution < 1.29 is 24.4 Å². The predicted molar refractivity (Wildman–Crippen MR) is 139 cm³/mol. The Labute approximate surface area is 217 Å². The molecule has 0 saturated carbocycles. The number of nitrogens with zero attached hydrogens (tertiary/aromatic N) is 3. The van der Waals surface area contributed by atoms with Crippen LogP contribution in [0.4, 0.5) is 0 Å². The van der Waals surface area contributed by atoms with E-state index in [9.17, 15) is 15.5 Å². The Morgan fingerprint density at radius 2 is 1.81 bits per heavy atom. The van der Waals surface area contributed by atoms with Crippen LogP contribution in [0.5, 0.6) is 17.5 Å². The Kier molecular flexibility index (Phi) is 7.98. The van der Waals surface area contributed by atoms with Crippen molar-refractivity contribution in [3.05, 3.63) is 82.9 Å². The highest BCUT2D eigenvalue weighted by atomic mass is 16.5. The van der Waals surface area contributed by atoms with E-state index >= 15 is 0 Å². The molecule has 0 radical (unpaired) electrons. The first kappa shape index (κ1) is 26.4. The number of fused-ring (bicyclic) bond motifs is 1. The zero-order valence-corrected chi connectivity index (χ0v) is 21.6. The SMILES string of the molecule is COc1cc2c(c(OC)n1)C[C@](c1ccc(C#N)cc1)([C@H](c1ccccc1)[C@@H](CN(C)C)[C@@H](O)CO)O2. The number of pyridine rings is 1. The van der Waals surface area contributed by atoms with Gasteiger partial charge in [0.25, 0.3) is 0 Å². The van der Waals surface area contributed by atoms with Crippen LogP contribution < -0.4 is 14.2 Å². The molecule has 2 N–H and O–H groups in total. The number of methoxy groups -OCH3 is 2. The summed E-state index contributed by atoms with van der Waals surface area (Å²) in [5.74, 6) is 0.546. The monoisotopic (exact) mass is 503 g/mol. The second kappa shape index (κ2) is 11.2. The molecular weight excluding hydrogens is 470 g/mol. The lowest BCUT2D eigenvalue weighted by Gasteiger charge is -2.44. The van der Waals surface area contributed by atoms with Gasteiger partial charge in [-0.2, -0.15) is 10.2 Å². The molecule has 1 aromatic heterocycles. The van der Waals surface area contributed by atoms with Crippen LogP contribution >= 0.6 is 0 Å². The molecule has 0 amide bonds. The predicted octanol–water partition coefficient (Wildman–Crippen LogP) is 3.12. The molecule has 0 unspecified atom stereocenters. The summed E-state index contributed by atoms with van der Waals surface area (Å²) in [4.78, 5) is 6.48. The van der Waals surface area contributed by atoms with E-state index in [0.717, 1.165) is 16.7 Å². The molecule has 0 spiro atoms. The van der Waals surface area contributed by atoms with Crippen LogP contribution in [0.2, 0.25) is 0 Å². The van der Waals surface area contributed by atoms with Gasteiger partial charge in [0.05, 0.1) is 44.1 Å². The number of hydrogen-bond donors (Lipinski definition) is 2. The number of aliphatic hydroxyl groups is 2. The van der Waals surface area contributed by atoms with Crippen molar-refractivity contribution in [3.63, 3.8) is 0 Å². The molecule has 1 aliphatic rings. The van der Waals surface area contributed by atoms with E-state index in [1.165, 1.54) is 7.11 Å². The van der Waals surface area contributed by atoms with Gasteiger partial charge in [-0.05, 0) is 37.4 Å². The van der Waals surface area contributed by atoms with Crippen molar-refractivity contribution in [2.24, 2.45) is 5.92 Å². The fourth-order valence-electron chi connectivity index (χ4n) is 5.40. The molecule has 4 rings (SSSR count). The van der Waals surface area contributed by atoms with Gasteiger partial charge in [0.1, 0.15) is 11.4 Å². The van der Waals surface area contributed by atoms with E-state index in [1.807, 2.05) is 61.5 Å². The zero-order valence-electron chi connectivity index (χ0n) is 21.6. The molecule has 0 saturated heterocycles. The number of aliphatic hydroxyl groups excluding tert-OH is 2. The smallest absolute Gasteiger partial charge is 0.223 e. The summed E-state index contributed by atoms with van der Waals surface area (Å²) < 4.78 is 18.0. The topological polar surface area (TPSA) is 108 Å². The fraction of sp³-hybridized carbons (Fsp3) is 0.379. The lowest BCUT2D eigenvalue weighted by molar-refractivity contribution is -0.0324. The first-order valence-corrected chi connectivity index (χ1v) is 12.2. The van der Waals surface area contributed by atoms with Crippen LogP contribution in [0.25, 0.3) is 0 Å². The van der Waals surface area contributed by atoms with Crippen LogP contribution in [0, 0.1) is 17.2 Å². The second-order valence-corrected chi connectivity index (χ2v) is 9.57. The highest BCUT2D eigenvalue weighted by molar-refractivity contribution is 5.52. The molecule has 0 aliphatic carbocycles. The Balaban J connectivity index is 2.00. The number of benzene rings is 2. The van der Waals surface area contributed by atoms with Crippen LogP contribution in [-0.2, 0) is 12.0 Å². The van der Waals surface area contributed by atoms with Crippen LogP contribution in [0.3, 0.4) is 0 Å². The van der Waals surface area contributed by atoms with Gasteiger partial charge < -0.3 is 29.3 Å². The summed E-state index contributed by atoms with van der Waals surface area (Å²) in [7, 11) is 6.97. The van der Waals surface area contributed by atoms with E-state index in [0.29, 0.717) is 36.0 Å². The average molecular weight is 504 g/mol. The van der Waals surface area contributed by atoms with Gasteiger partial charge in [0.15, 0.2) is 0 Å². The summed E-state index contributed by atoms with van der Waals surface area (Å²) in [6, 6.07) is 21.2. The highest BCUT2D eigenvalue weighted by Crippen LogP contribution is 2.55. The van der Waals surface area contributed by atoms with Crippen molar-refractivity contribution in [2.45, 2.75) is 24.0 Å². The van der Waals surface area contributed by atoms with Crippen molar-refractivity contribution in [1.29, 1.82) is 5.26 Å². The van der Waals surface area contributed by atoms with Crippen LogP contribution in [0.15, 0.2) is 60.7 Å². The van der Waals surface area contributed by atoms with Gasteiger partial charge in [0, 0.05) is 30.9 Å². The zero-order chi connectivity index (χ0) is 26.6. The number of ether oxygens (including phenoxy) is 3. The Morgan fingerprint density at radius 1 is 1.11 bits per heavy atom. The van der Waals surface area contributed by atoms with Gasteiger partial charge in [0.2, 0.25) is 11.8 Å². The maximum absolute atomic E-state index is 11.2. The minimum atomic E-state index is -1.01. The van der Waals surface area contributed by atoms with Gasteiger partial charge in [-0.1, -0.05) is 42.5 Å². The molecule has 3 aromatic rings. The number of rotatable bonds is 10. The molecular formula is C29H33N3O5. The lowest BCUT2D eigenvalue weighted by atomic mass is 9.67. The van der Waals surface area contributed by atoms with E-state index in [1.54, 1.807) is 25.3 Å². The quantitative estimate of drug-likeness (QED) is 0.435. The Morgan fingerprint density at radius 3 is 2.38 bits per heavy atom. The molecule has 1 aliphatic heterocycles. The third-order valence-corrected chi connectivity index (χ3v) is 7.00. The molecule has 2 aromatic carbocycles. The van der Waals surface area contributed by atoms with Crippen LogP contribution in [-0.4, -0.2) is 67.7 Å². The van der Waals surface area contributed by atoms with E-state index in [2.05, 4.69) is 11.1 Å². The van der Waals surface area contributed by atoms with E-state index < -0.39 is 30.1 Å². The summed E-state index contributed by atoms with van der Waals surface area (Å²) in [5, 5.41) is 30.7. The van der Waals surface area contributed by atoms with E-state index in [-0.39, 0.29) is 0 Å². The summed E-state index contributed by atoms with van der Waals surface area (Å²) >= 11 is 0. The maximum Gasteiger partial charge on any atom is 0.223 e. The number of nitriles is 1. The van der Waals surface area contributed by atoms with Crippen LogP contribution in [0.1, 0.15) is 28.2 Å². The van der Waals surface area contributed by atoms with Gasteiger partial charge in [-0.15, -0.1) is 0 Å². The summed E-state index contributed by atoms with van der Waals surface area (Å²) in [6.07, 6.45) is -0.611. The standard InChI is InChI=1S/C29H33N3O5/c1-32(2)17-23(24(34)18-33)27(20-8-6-5-7-9-20)29(21-12-10-19(16-30)11-13-21)15-22-25(37-29)14-26(35-3)31-28(22)36-4/h5-14,23-24,27,33-34H,15,17-18H2,1-4H3/t23-,24-,27+,29-/m0/s1. The number of aromatic nitrogens is 1. The minimum Gasteiger partial charge on any atom is -0.481 e. The molecule has 194 valence electrons. The first-order chi connectivity index (χ1) is 17.9. The summed E-state index contributed by atoms with van der Waals surface area (Å²) in [6.45, 7) is 0.106. The van der Waals surface area contributed by atoms with Gasteiger partial charge in [-0.25, -0.2) is 0 Å². The molecule has 0 fully saturated rings. The molecule has 37 heavy (non-hydrogen) atoms. The lowest BCUT2D eigenvalue weighted by Crippen LogP contribution is -2.48. The van der Waals surface area contributed by atoms with Crippen molar-refractivity contribution in [3.8, 4) is 23.6 Å². The van der Waals surface area contributed by atoms with Crippen molar-refractivity contribution in [2.75, 3.05) is 41.5 Å². The fourth-order valence-corrected chi connectivity index (χ4v) is 5.40. The largest absolute Gasteiger partial charge is 0.481 e. The molecule has 4 atom stereocenters. The Bertz CT molecular complexity index is 1240. The van der Waals surface area contributed by atoms with Gasteiger partial charge >= 0.3 is 0 Å². The second-order valence-electron chi connectivity index (χ2n) is 9.57. The molecule has 8 heteroatoms. The van der Waals surface area contributed by atoms with Gasteiger partial charge in [-0.3, -0.25) is 0 Å². The third kappa shape index (κ3) is 5.12. The average Bonchev–Trinajstić information content (AvgIpc) is 3.32. The van der Waals surface area contributed by atoms with E-state index in [4.69, 9.17) is 14.2 Å². The number of hydrogen-bond acceptors (Lipinski definition) is 8. The third-order valence-electron chi connectivity index (χ3n) is 7.00.